The van der Waals surface area contributed by atoms with Gasteiger partial charge in [0.25, 0.3) is 5.91 Å². The first kappa shape index (κ1) is 23.3. The van der Waals surface area contributed by atoms with Crippen molar-refractivity contribution >= 4 is 34.7 Å². The van der Waals surface area contributed by atoms with Crippen LogP contribution in [0.25, 0.3) is 16.8 Å². The molecule has 4 heterocycles. The molecule has 0 unspecified atom stereocenters. The van der Waals surface area contributed by atoms with E-state index in [1.165, 1.54) is 0 Å². The van der Waals surface area contributed by atoms with Gasteiger partial charge < -0.3 is 15.8 Å². The SMILES string of the molecule is CCCc1ccnc(NC(=O)c2ccc(-c3nc(C4CCOCC4)n4c(Cl)cnc(N)c34)cc2)c1. The maximum Gasteiger partial charge on any atom is 0.256 e. The molecule has 1 amide bonds. The van der Waals surface area contributed by atoms with E-state index in [-0.39, 0.29) is 11.8 Å². The number of imidazole rings is 1. The predicted molar refractivity (Wildman–Crippen MR) is 137 cm³/mol. The molecular weight excluding hydrogens is 464 g/mol. The summed E-state index contributed by atoms with van der Waals surface area (Å²) in [6, 6.07) is 11.1. The van der Waals surface area contributed by atoms with Gasteiger partial charge in [-0.3, -0.25) is 9.20 Å². The smallest absolute Gasteiger partial charge is 0.256 e. The number of rotatable bonds is 6. The Labute approximate surface area is 208 Å². The Balaban J connectivity index is 1.45. The van der Waals surface area contributed by atoms with Crippen molar-refractivity contribution in [3.63, 3.8) is 0 Å². The number of nitrogens with one attached hydrogen (secondary N) is 1. The van der Waals surface area contributed by atoms with Gasteiger partial charge in [-0.1, -0.05) is 37.1 Å². The fourth-order valence-electron chi connectivity index (χ4n) is 4.52. The molecule has 1 saturated heterocycles. The number of anilines is 2. The van der Waals surface area contributed by atoms with E-state index < -0.39 is 0 Å². The van der Waals surface area contributed by atoms with Gasteiger partial charge in [-0.2, -0.15) is 0 Å². The van der Waals surface area contributed by atoms with Crippen LogP contribution in [0.5, 0.6) is 0 Å². The number of amides is 1. The number of hydrogen-bond donors (Lipinski definition) is 2. The molecule has 0 bridgehead atoms. The number of carbonyl (C=O) groups is 1. The summed E-state index contributed by atoms with van der Waals surface area (Å²) in [5.41, 5.74) is 10.1. The average molecular weight is 491 g/mol. The summed E-state index contributed by atoms with van der Waals surface area (Å²) >= 11 is 6.54. The zero-order chi connectivity index (χ0) is 24.4. The average Bonchev–Trinajstić information content (AvgIpc) is 3.29. The Hall–Kier alpha value is -3.49. The Morgan fingerprint density at radius 3 is 2.71 bits per heavy atom. The topological polar surface area (TPSA) is 107 Å². The second-order valence-corrected chi connectivity index (χ2v) is 9.07. The number of benzene rings is 1. The third kappa shape index (κ3) is 4.72. The van der Waals surface area contributed by atoms with Crippen molar-refractivity contribution in [3.8, 4) is 11.3 Å². The lowest BCUT2D eigenvalue weighted by atomic mass is 9.99. The molecule has 0 aliphatic carbocycles. The van der Waals surface area contributed by atoms with Gasteiger partial charge in [0, 0.05) is 36.5 Å². The lowest BCUT2D eigenvalue weighted by Gasteiger charge is -2.21. The largest absolute Gasteiger partial charge is 0.382 e. The molecule has 3 N–H and O–H groups in total. The number of nitrogen functional groups attached to an aromatic ring is 1. The van der Waals surface area contributed by atoms with Crippen LogP contribution in [0.1, 0.15) is 53.8 Å². The van der Waals surface area contributed by atoms with E-state index in [4.69, 9.17) is 27.1 Å². The monoisotopic (exact) mass is 490 g/mol. The number of nitrogens with two attached hydrogens (primary N) is 1. The van der Waals surface area contributed by atoms with E-state index in [1.54, 1.807) is 24.5 Å². The van der Waals surface area contributed by atoms with Crippen molar-refractivity contribution in [2.45, 2.75) is 38.5 Å². The quantitative estimate of drug-likeness (QED) is 0.388. The minimum absolute atomic E-state index is 0.213. The number of pyridine rings is 1. The van der Waals surface area contributed by atoms with Crippen LogP contribution in [0.2, 0.25) is 5.15 Å². The van der Waals surface area contributed by atoms with E-state index in [9.17, 15) is 4.79 Å². The van der Waals surface area contributed by atoms with Crippen LogP contribution in [0.15, 0.2) is 48.8 Å². The first-order valence-corrected chi connectivity index (χ1v) is 12.2. The van der Waals surface area contributed by atoms with Crippen LogP contribution in [0.4, 0.5) is 11.6 Å². The van der Waals surface area contributed by atoms with Gasteiger partial charge in [-0.05, 0) is 49.1 Å². The molecule has 8 nitrogen and oxygen atoms in total. The minimum atomic E-state index is -0.223. The molecule has 4 aromatic rings. The van der Waals surface area contributed by atoms with Crippen LogP contribution in [0, 0.1) is 0 Å². The molecule has 0 radical (unpaired) electrons. The van der Waals surface area contributed by atoms with Gasteiger partial charge in [0.05, 0.1) is 6.20 Å². The molecule has 0 saturated carbocycles. The summed E-state index contributed by atoms with van der Waals surface area (Å²) in [4.78, 5) is 26.3. The van der Waals surface area contributed by atoms with Gasteiger partial charge in [0.2, 0.25) is 0 Å². The van der Waals surface area contributed by atoms with E-state index >= 15 is 0 Å². The summed E-state index contributed by atoms with van der Waals surface area (Å²) in [6.07, 6.45) is 6.97. The van der Waals surface area contributed by atoms with Crippen molar-refractivity contribution in [2.24, 2.45) is 0 Å². The van der Waals surface area contributed by atoms with Gasteiger partial charge in [0.1, 0.15) is 33.8 Å². The van der Waals surface area contributed by atoms with Crippen LogP contribution >= 0.6 is 11.6 Å². The number of aryl methyl sites for hydroxylation is 1. The summed E-state index contributed by atoms with van der Waals surface area (Å²) in [5.74, 6) is 1.75. The van der Waals surface area contributed by atoms with Gasteiger partial charge in [-0.15, -0.1) is 0 Å². The number of ether oxygens (including phenoxy) is 1. The van der Waals surface area contributed by atoms with Gasteiger partial charge in [-0.25, -0.2) is 15.0 Å². The highest BCUT2D eigenvalue weighted by atomic mass is 35.5. The Kier molecular flexibility index (Phi) is 6.66. The Morgan fingerprint density at radius 2 is 1.97 bits per heavy atom. The molecular formula is C26H27ClN6O2. The van der Waals surface area contributed by atoms with Crippen molar-refractivity contribution < 1.29 is 9.53 Å². The lowest BCUT2D eigenvalue weighted by molar-refractivity contribution is 0.0835. The third-order valence-corrected chi connectivity index (χ3v) is 6.55. The number of hydrogen-bond acceptors (Lipinski definition) is 6. The number of halogens is 1. The summed E-state index contributed by atoms with van der Waals surface area (Å²) in [5, 5.41) is 3.34. The number of carbonyl (C=O) groups excluding carboxylic acids is 1. The van der Waals surface area contributed by atoms with Crippen LogP contribution in [-0.2, 0) is 11.2 Å². The molecule has 180 valence electrons. The summed E-state index contributed by atoms with van der Waals surface area (Å²) in [7, 11) is 0. The van der Waals surface area contributed by atoms with Crippen molar-refractivity contribution in [2.75, 3.05) is 24.3 Å². The highest BCUT2D eigenvalue weighted by Gasteiger charge is 2.26. The number of aromatic nitrogens is 4. The fraction of sp³-hybridized carbons (Fsp3) is 0.308. The molecule has 1 aliphatic heterocycles. The van der Waals surface area contributed by atoms with E-state index in [2.05, 4.69) is 22.2 Å². The number of nitrogens with zero attached hydrogens (tertiary/aromatic N) is 4. The van der Waals surface area contributed by atoms with E-state index in [0.717, 1.165) is 42.6 Å². The molecule has 0 spiro atoms. The molecule has 1 fully saturated rings. The normalized spacial score (nSPS) is 14.3. The fourth-order valence-corrected chi connectivity index (χ4v) is 4.74. The third-order valence-electron chi connectivity index (χ3n) is 6.28. The highest BCUT2D eigenvalue weighted by Crippen LogP contribution is 2.36. The van der Waals surface area contributed by atoms with Crippen molar-refractivity contribution in [3.05, 3.63) is 70.9 Å². The van der Waals surface area contributed by atoms with Crippen LogP contribution < -0.4 is 11.1 Å². The second kappa shape index (κ2) is 10.0. The molecule has 3 aromatic heterocycles. The Morgan fingerprint density at radius 1 is 1.20 bits per heavy atom. The maximum atomic E-state index is 12.8. The van der Waals surface area contributed by atoms with Gasteiger partial charge in [0.15, 0.2) is 0 Å². The zero-order valence-corrected chi connectivity index (χ0v) is 20.3. The lowest BCUT2D eigenvalue weighted by Crippen LogP contribution is -2.16. The first-order chi connectivity index (χ1) is 17.0. The van der Waals surface area contributed by atoms with Crippen molar-refractivity contribution in [1.29, 1.82) is 0 Å². The van der Waals surface area contributed by atoms with Crippen molar-refractivity contribution in [1.82, 2.24) is 19.4 Å². The van der Waals surface area contributed by atoms with Crippen LogP contribution in [-0.4, -0.2) is 38.5 Å². The first-order valence-electron chi connectivity index (χ1n) is 11.8. The van der Waals surface area contributed by atoms with E-state index in [0.29, 0.717) is 46.8 Å². The minimum Gasteiger partial charge on any atom is -0.382 e. The molecule has 9 heteroatoms. The van der Waals surface area contributed by atoms with Crippen LogP contribution in [0.3, 0.4) is 0 Å². The standard InChI is InChI=1S/C26H27ClN6O2/c1-2-3-16-8-11-29-21(14-16)31-26(34)19-6-4-17(5-7-19)22-23-24(28)30-15-20(27)33(23)25(32-22)18-9-12-35-13-10-18/h4-8,11,14-15,18H,2-3,9-10,12-13H2,1H3,(H2,28,30)(H,29,31,34). The maximum absolute atomic E-state index is 12.8. The number of fused-ring (bicyclic) bond motifs is 1. The Bertz CT molecular complexity index is 1360. The van der Waals surface area contributed by atoms with Gasteiger partial charge >= 0.3 is 0 Å². The molecule has 5 rings (SSSR count). The molecule has 0 atom stereocenters. The molecule has 35 heavy (non-hydrogen) atoms. The second-order valence-electron chi connectivity index (χ2n) is 8.69. The summed E-state index contributed by atoms with van der Waals surface area (Å²) < 4.78 is 7.42. The molecule has 1 aliphatic rings. The highest BCUT2D eigenvalue weighted by molar-refractivity contribution is 6.30. The van der Waals surface area contributed by atoms with E-state index in [1.807, 2.05) is 28.7 Å². The zero-order valence-electron chi connectivity index (χ0n) is 19.5. The predicted octanol–water partition coefficient (Wildman–Crippen LogP) is 5.13. The summed E-state index contributed by atoms with van der Waals surface area (Å²) in [6.45, 7) is 3.49. The molecule has 1 aromatic carbocycles.